The molecule has 0 radical (unpaired) electrons. The van der Waals surface area contributed by atoms with Gasteiger partial charge in [0.1, 0.15) is 0 Å². The fourth-order valence-electron chi connectivity index (χ4n) is 1.16. The number of ether oxygens (including phenoxy) is 1. The lowest BCUT2D eigenvalue weighted by molar-refractivity contribution is -0.149. The Balaban J connectivity index is 0.00000256. The normalized spacial score (nSPS) is 13.7. The number of carbonyl (C=O) groups excluding carboxylic acids is 1. The second-order valence-corrected chi connectivity index (χ2v) is 5.69. The molecule has 1 rings (SSSR count). The third-order valence-electron chi connectivity index (χ3n) is 2.03. The van der Waals surface area contributed by atoms with Crippen LogP contribution in [0.25, 0.3) is 0 Å². The summed E-state index contributed by atoms with van der Waals surface area (Å²) in [6.45, 7) is 3.66. The van der Waals surface area contributed by atoms with E-state index in [1.54, 1.807) is 13.0 Å². The molecule has 0 bridgehead atoms. The van der Waals surface area contributed by atoms with Crippen LogP contribution in [0, 0.1) is 6.92 Å². The van der Waals surface area contributed by atoms with Crippen molar-refractivity contribution in [1.82, 2.24) is 0 Å². The number of hydrogen-bond acceptors (Lipinski definition) is 4. The van der Waals surface area contributed by atoms with Crippen LogP contribution in [0.5, 0.6) is 0 Å². The van der Waals surface area contributed by atoms with E-state index >= 15 is 0 Å². The third kappa shape index (κ3) is 4.21. The topological polar surface area (TPSA) is 52.3 Å². The van der Waals surface area contributed by atoms with Crippen molar-refractivity contribution in [3.63, 3.8) is 0 Å². The zero-order valence-corrected chi connectivity index (χ0v) is 12.6. The molecule has 3 nitrogen and oxygen atoms in total. The van der Waals surface area contributed by atoms with E-state index in [4.69, 9.17) is 5.73 Å². The Morgan fingerprint density at radius 1 is 1.71 bits per heavy atom. The Kier molecular flexibility index (Phi) is 7.23. The second-order valence-electron chi connectivity index (χ2n) is 3.29. The summed E-state index contributed by atoms with van der Waals surface area (Å²) < 4.78 is 19.1. The van der Waals surface area contributed by atoms with Crippen molar-refractivity contribution in [1.29, 1.82) is 0 Å². The summed E-state index contributed by atoms with van der Waals surface area (Å²) in [6.07, 6.45) is -1.81. The monoisotopic (exact) mass is 345 g/mol. The molecule has 0 spiro atoms. The minimum Gasteiger partial charge on any atom is -0.464 e. The SMILES string of the molecule is CCOC(=O)C(F)[C@H](N)c1cc(C)c(Br)s1.Cl. The number of aryl methyl sites for hydroxylation is 1. The van der Waals surface area contributed by atoms with Gasteiger partial charge in [-0.25, -0.2) is 9.18 Å². The Hall–Kier alpha value is -0.170. The zero-order chi connectivity index (χ0) is 12.3. The van der Waals surface area contributed by atoms with Gasteiger partial charge in [0.2, 0.25) is 6.17 Å². The van der Waals surface area contributed by atoms with Gasteiger partial charge in [0, 0.05) is 4.88 Å². The molecule has 1 heterocycles. The molecule has 17 heavy (non-hydrogen) atoms. The van der Waals surface area contributed by atoms with E-state index in [0.717, 1.165) is 9.35 Å². The lowest BCUT2D eigenvalue weighted by Crippen LogP contribution is -2.30. The van der Waals surface area contributed by atoms with Crippen LogP contribution in [0.1, 0.15) is 23.4 Å². The van der Waals surface area contributed by atoms with Crippen molar-refractivity contribution in [3.8, 4) is 0 Å². The van der Waals surface area contributed by atoms with Crippen molar-refractivity contribution in [2.75, 3.05) is 6.61 Å². The summed E-state index contributed by atoms with van der Waals surface area (Å²) in [6, 6.07) is 0.805. The van der Waals surface area contributed by atoms with E-state index in [-0.39, 0.29) is 19.0 Å². The fraction of sp³-hybridized carbons (Fsp3) is 0.500. The van der Waals surface area contributed by atoms with Crippen molar-refractivity contribution in [2.24, 2.45) is 5.73 Å². The molecule has 2 N–H and O–H groups in total. The highest BCUT2D eigenvalue weighted by atomic mass is 79.9. The summed E-state index contributed by atoms with van der Waals surface area (Å²) >= 11 is 4.66. The van der Waals surface area contributed by atoms with Crippen LogP contribution in [-0.2, 0) is 9.53 Å². The number of alkyl halides is 1. The molecule has 7 heteroatoms. The van der Waals surface area contributed by atoms with Crippen LogP contribution in [0.2, 0.25) is 0 Å². The van der Waals surface area contributed by atoms with Crippen molar-refractivity contribution >= 4 is 45.6 Å². The smallest absolute Gasteiger partial charge is 0.342 e. The molecule has 2 atom stereocenters. The Morgan fingerprint density at radius 3 is 2.71 bits per heavy atom. The number of hydrogen-bond donors (Lipinski definition) is 1. The van der Waals surface area contributed by atoms with Gasteiger partial charge in [-0.15, -0.1) is 23.7 Å². The number of thiophene rings is 1. The number of rotatable bonds is 4. The highest BCUT2D eigenvalue weighted by Crippen LogP contribution is 2.32. The standard InChI is InChI=1S/C10H13BrFNO2S.ClH/c1-3-15-10(14)7(12)8(13)6-4-5(2)9(11)16-6;/h4,7-8H,3,13H2,1-2H3;1H/t7?,8-;/m1./s1. The Morgan fingerprint density at radius 2 is 2.29 bits per heavy atom. The highest BCUT2D eigenvalue weighted by molar-refractivity contribution is 9.11. The Bertz CT molecular complexity index is 369. The number of halogens is 3. The first-order chi connectivity index (χ1) is 7.47. The lowest BCUT2D eigenvalue weighted by atomic mass is 10.1. The summed E-state index contributed by atoms with van der Waals surface area (Å²) in [5.41, 5.74) is 6.64. The van der Waals surface area contributed by atoms with Crippen LogP contribution in [0.3, 0.4) is 0 Å². The van der Waals surface area contributed by atoms with Crippen LogP contribution in [0.4, 0.5) is 4.39 Å². The number of carbonyl (C=O) groups is 1. The van der Waals surface area contributed by atoms with Gasteiger partial charge in [0.25, 0.3) is 0 Å². The maximum atomic E-state index is 13.6. The van der Waals surface area contributed by atoms with Gasteiger partial charge in [-0.2, -0.15) is 0 Å². The van der Waals surface area contributed by atoms with Crippen LogP contribution >= 0.6 is 39.7 Å². The van der Waals surface area contributed by atoms with E-state index < -0.39 is 18.2 Å². The van der Waals surface area contributed by atoms with E-state index in [1.165, 1.54) is 11.3 Å². The molecule has 0 aliphatic carbocycles. The van der Waals surface area contributed by atoms with Crippen molar-refractivity contribution < 1.29 is 13.9 Å². The van der Waals surface area contributed by atoms with E-state index in [1.807, 2.05) is 6.92 Å². The van der Waals surface area contributed by atoms with Crippen LogP contribution < -0.4 is 5.73 Å². The summed E-state index contributed by atoms with van der Waals surface area (Å²) in [5.74, 6) is -0.905. The predicted octanol–water partition coefficient (Wildman–Crippen LogP) is 3.14. The molecule has 0 aliphatic rings. The number of esters is 1. The molecule has 1 aromatic rings. The molecule has 0 amide bonds. The molecule has 0 saturated carbocycles. The van der Waals surface area contributed by atoms with E-state index in [2.05, 4.69) is 20.7 Å². The van der Waals surface area contributed by atoms with Crippen molar-refractivity contribution in [3.05, 3.63) is 20.3 Å². The Labute approximate surface area is 118 Å². The van der Waals surface area contributed by atoms with Gasteiger partial charge in [-0.3, -0.25) is 0 Å². The van der Waals surface area contributed by atoms with Gasteiger partial charge in [-0.05, 0) is 41.4 Å². The summed E-state index contributed by atoms with van der Waals surface area (Å²) in [4.78, 5) is 11.8. The van der Waals surface area contributed by atoms with Crippen molar-refractivity contribution in [2.45, 2.75) is 26.1 Å². The minimum absolute atomic E-state index is 0. The van der Waals surface area contributed by atoms with Gasteiger partial charge in [-0.1, -0.05) is 0 Å². The molecule has 98 valence electrons. The maximum absolute atomic E-state index is 13.6. The third-order valence-corrected chi connectivity index (χ3v) is 4.27. The second kappa shape index (κ2) is 7.31. The van der Waals surface area contributed by atoms with Crippen LogP contribution in [-0.4, -0.2) is 18.7 Å². The number of nitrogens with two attached hydrogens (primary N) is 1. The average molecular weight is 347 g/mol. The average Bonchev–Trinajstić information content (AvgIpc) is 2.57. The maximum Gasteiger partial charge on any atom is 0.342 e. The lowest BCUT2D eigenvalue weighted by Gasteiger charge is -2.13. The molecule has 1 aromatic heterocycles. The van der Waals surface area contributed by atoms with Gasteiger partial charge >= 0.3 is 5.97 Å². The molecular formula is C10H14BrClFNO2S. The quantitative estimate of drug-likeness (QED) is 0.852. The van der Waals surface area contributed by atoms with E-state index in [0.29, 0.717) is 4.88 Å². The first-order valence-corrected chi connectivity index (χ1v) is 6.40. The minimum atomic E-state index is -1.81. The summed E-state index contributed by atoms with van der Waals surface area (Å²) in [7, 11) is 0. The largest absolute Gasteiger partial charge is 0.464 e. The summed E-state index contributed by atoms with van der Waals surface area (Å²) in [5, 5.41) is 0. The van der Waals surface area contributed by atoms with E-state index in [9.17, 15) is 9.18 Å². The highest BCUT2D eigenvalue weighted by Gasteiger charge is 2.29. The molecule has 0 saturated heterocycles. The van der Waals surface area contributed by atoms with Gasteiger partial charge in [0.15, 0.2) is 0 Å². The molecule has 0 aliphatic heterocycles. The van der Waals surface area contributed by atoms with Crippen LogP contribution in [0.15, 0.2) is 9.85 Å². The first kappa shape index (κ1) is 16.8. The van der Waals surface area contributed by atoms with Gasteiger partial charge < -0.3 is 10.5 Å². The molecule has 0 fully saturated rings. The molecule has 1 unspecified atom stereocenters. The molecular weight excluding hydrogens is 333 g/mol. The zero-order valence-electron chi connectivity index (χ0n) is 9.41. The predicted molar refractivity (Wildman–Crippen MR) is 72.5 cm³/mol. The fourth-order valence-corrected chi connectivity index (χ4v) is 2.75. The molecule has 0 aromatic carbocycles. The first-order valence-electron chi connectivity index (χ1n) is 4.79. The van der Waals surface area contributed by atoms with Gasteiger partial charge in [0.05, 0.1) is 16.4 Å².